The van der Waals surface area contributed by atoms with E-state index in [-0.39, 0.29) is 58.8 Å². The number of hydrogen-bond donors (Lipinski definition) is 9. The van der Waals surface area contributed by atoms with Gasteiger partial charge in [-0.2, -0.15) is 0 Å². The van der Waals surface area contributed by atoms with Gasteiger partial charge in [-0.25, -0.2) is 0 Å². The summed E-state index contributed by atoms with van der Waals surface area (Å²) in [6.45, 7) is 15.3. The summed E-state index contributed by atoms with van der Waals surface area (Å²) in [5.41, 5.74) is -0.526. The van der Waals surface area contributed by atoms with Crippen LogP contribution in [-0.2, 0) is 42.1 Å². The van der Waals surface area contributed by atoms with Crippen LogP contribution in [0.3, 0.4) is 0 Å². The van der Waals surface area contributed by atoms with E-state index in [0.29, 0.717) is 25.6 Å². The topological polar surface area (TPSA) is 265 Å². The molecule has 9 rings (SSSR count). The maximum absolute atomic E-state index is 12.4. The monoisotopic (exact) mass is 946 g/mol. The normalized spacial score (nSPS) is 55.8. The van der Waals surface area contributed by atoms with E-state index in [9.17, 15) is 40.9 Å². The Hall–Kier alpha value is -0.630. The van der Waals surface area contributed by atoms with E-state index >= 15 is 0 Å². The van der Waals surface area contributed by atoms with Gasteiger partial charge >= 0.3 is 0 Å². The molecule has 0 aromatic carbocycles. The minimum Gasteiger partial charge on any atom is -0.394 e. The van der Waals surface area contributed by atoms with E-state index in [2.05, 4.69) is 47.6 Å². The number of allylic oxidation sites excluding steroid dienone is 1. The molecule has 9 unspecified atom stereocenters. The number of fused-ring (bicyclic) bond motifs is 4. The van der Waals surface area contributed by atoms with Gasteiger partial charge in [0.2, 0.25) is 0 Å². The fourth-order valence-electron chi connectivity index (χ4n) is 15.6. The van der Waals surface area contributed by atoms with Crippen LogP contribution in [0.5, 0.6) is 0 Å². The molecule has 18 nitrogen and oxygen atoms in total. The summed E-state index contributed by atoms with van der Waals surface area (Å²) < 4.78 is 64.9. The first kappa shape index (κ1) is 49.4. The maximum Gasteiger partial charge on any atom is 0.187 e. The van der Waals surface area contributed by atoms with E-state index in [4.69, 9.17) is 46.6 Å². The first-order chi connectivity index (χ1) is 30.6. The van der Waals surface area contributed by atoms with Crippen LogP contribution in [0.2, 0.25) is 0 Å². The molecule has 24 atom stereocenters. The number of ether oxygens (including phenoxy) is 8. The van der Waals surface area contributed by atoms with Gasteiger partial charge in [-0.1, -0.05) is 39.3 Å². The second-order valence-electron chi connectivity index (χ2n) is 22.6. The van der Waals surface area contributed by atoms with E-state index in [0.717, 1.165) is 44.1 Å². The largest absolute Gasteiger partial charge is 0.394 e. The summed E-state index contributed by atoms with van der Waals surface area (Å²) in [6, 6.07) is 0. The Morgan fingerprint density at radius 1 is 0.738 bits per heavy atom. The quantitative estimate of drug-likeness (QED) is 0.0809. The van der Waals surface area contributed by atoms with Crippen molar-refractivity contribution in [1.82, 2.24) is 0 Å². The van der Waals surface area contributed by atoms with Crippen LogP contribution >= 0.6 is 12.3 Å². The van der Waals surface area contributed by atoms with Crippen molar-refractivity contribution in [1.29, 1.82) is 0 Å². The lowest BCUT2D eigenvalue weighted by molar-refractivity contribution is -0.375. The molecule has 9 N–H and O–H groups in total. The summed E-state index contributed by atoms with van der Waals surface area (Å²) in [7, 11) is 0. The predicted molar refractivity (Wildman–Crippen MR) is 228 cm³/mol. The highest BCUT2D eigenvalue weighted by molar-refractivity contribution is 7.88. The molecule has 4 aliphatic carbocycles. The molecule has 2 bridgehead atoms. The van der Waals surface area contributed by atoms with E-state index < -0.39 is 116 Å². The van der Waals surface area contributed by atoms with Gasteiger partial charge in [0, 0.05) is 23.7 Å². The molecule has 4 saturated carbocycles. The number of aliphatic hydroxyl groups is 8. The summed E-state index contributed by atoms with van der Waals surface area (Å²) in [4.78, 5) is 0. The zero-order valence-electron chi connectivity index (χ0n) is 38.6. The minimum absolute atomic E-state index is 0.0317. The molecule has 372 valence electrons. The molecule has 9 aliphatic rings. The molecule has 5 aliphatic heterocycles. The van der Waals surface area contributed by atoms with Crippen molar-refractivity contribution < 1.29 is 87.5 Å². The molecule has 65 heavy (non-hydrogen) atoms. The predicted octanol–water partition coefficient (Wildman–Crippen LogP) is 1.61. The van der Waals surface area contributed by atoms with Crippen LogP contribution in [0.1, 0.15) is 93.4 Å². The van der Waals surface area contributed by atoms with E-state index in [1.165, 1.54) is 0 Å². The number of aliphatic hydroxyl groups excluding tert-OH is 7. The standard InChI is InChI=1S/C46H74O18S/c1-21(2)14-22-16-57-46-19-45(20-58-46)23(37(46)44(22,7)54)8-9-28-42(5)12-11-29(41(3,4)27(42)10-13-43(28,45)6)62-40-36(64-38-33(52)30(49)25(15-47)60-38)35(24(48)17-56-40)63-39-34(53)32(51)31(50)26(61-39)18-59-65-55/h14,22-40,47-55H,8-13,15-20H2,1-7H3/t22-,23?,24-,25-,26?,27?,28?,29-,30+,31+,32+,33?,34?,35+,36?,37?,38-,39-,40-,42-,43+,44?,45-,46+/m0/s1. The van der Waals surface area contributed by atoms with Crippen molar-refractivity contribution in [2.45, 2.75) is 191 Å². The first-order valence-corrected chi connectivity index (χ1v) is 24.5. The molecule has 5 saturated heterocycles. The Bertz CT molecular complexity index is 1750. The second kappa shape index (κ2) is 17.6. The van der Waals surface area contributed by atoms with Gasteiger partial charge in [0.1, 0.15) is 61.0 Å². The van der Waals surface area contributed by atoms with Crippen LogP contribution in [-0.4, -0.2) is 176 Å². The molecular weight excluding hydrogens is 873 g/mol. The summed E-state index contributed by atoms with van der Waals surface area (Å²) in [6.07, 6.45) is -11.4. The number of rotatable bonds is 11. The van der Waals surface area contributed by atoms with Crippen LogP contribution in [0, 0.1) is 51.2 Å². The lowest BCUT2D eigenvalue weighted by Gasteiger charge is -2.70. The van der Waals surface area contributed by atoms with Crippen molar-refractivity contribution in [3.8, 4) is 0 Å². The lowest BCUT2D eigenvalue weighted by Crippen LogP contribution is -2.68. The van der Waals surface area contributed by atoms with Crippen LogP contribution in [0.4, 0.5) is 0 Å². The molecule has 2 spiro atoms. The highest BCUT2D eigenvalue weighted by Crippen LogP contribution is 2.80. The minimum atomic E-state index is -1.80. The Balaban J connectivity index is 0.966. The highest BCUT2D eigenvalue weighted by atomic mass is 32.2. The average molecular weight is 947 g/mol. The van der Waals surface area contributed by atoms with Gasteiger partial charge in [-0.05, 0) is 93.3 Å². The van der Waals surface area contributed by atoms with Crippen molar-refractivity contribution in [3.63, 3.8) is 0 Å². The van der Waals surface area contributed by atoms with Crippen molar-refractivity contribution >= 4 is 12.3 Å². The van der Waals surface area contributed by atoms with E-state index in [1.807, 2.05) is 6.92 Å². The second-order valence-corrected chi connectivity index (χ2v) is 23.0. The summed E-state index contributed by atoms with van der Waals surface area (Å²) in [5.74, 6) is -0.176. The Morgan fingerprint density at radius 2 is 1.42 bits per heavy atom. The highest BCUT2D eigenvalue weighted by Gasteiger charge is 2.81. The van der Waals surface area contributed by atoms with Crippen LogP contribution < -0.4 is 0 Å². The molecule has 0 amide bonds. The van der Waals surface area contributed by atoms with Crippen LogP contribution in [0.25, 0.3) is 0 Å². The fourth-order valence-corrected chi connectivity index (χ4v) is 15.8. The third kappa shape index (κ3) is 7.59. The molecular formula is C46H74O18S. The molecule has 19 heteroatoms. The average Bonchev–Trinajstić information content (AvgIpc) is 3.88. The Morgan fingerprint density at radius 3 is 2.09 bits per heavy atom. The zero-order valence-corrected chi connectivity index (χ0v) is 39.5. The van der Waals surface area contributed by atoms with Gasteiger partial charge in [0.05, 0.1) is 44.7 Å². The van der Waals surface area contributed by atoms with Gasteiger partial charge in [-0.15, -0.1) is 0 Å². The Kier molecular flexibility index (Phi) is 13.4. The third-order valence-electron chi connectivity index (χ3n) is 18.8. The van der Waals surface area contributed by atoms with Crippen LogP contribution in [0.15, 0.2) is 11.6 Å². The molecule has 9 fully saturated rings. The lowest BCUT2D eigenvalue weighted by atomic mass is 9.35. The fraction of sp³-hybridized carbons (Fsp3) is 0.957. The third-order valence-corrected chi connectivity index (χ3v) is 19.0. The zero-order chi connectivity index (χ0) is 46.8. The van der Waals surface area contributed by atoms with Gasteiger partial charge in [0.25, 0.3) is 0 Å². The molecule has 5 heterocycles. The van der Waals surface area contributed by atoms with Crippen molar-refractivity contribution in [2.75, 3.05) is 33.0 Å². The van der Waals surface area contributed by atoms with Gasteiger partial charge < -0.3 is 83.3 Å². The Labute approximate surface area is 385 Å². The van der Waals surface area contributed by atoms with Gasteiger partial charge in [0.15, 0.2) is 37.0 Å². The smallest absolute Gasteiger partial charge is 0.187 e. The summed E-state index contributed by atoms with van der Waals surface area (Å²) >= 11 is 0.0317. The molecule has 0 radical (unpaired) electrons. The van der Waals surface area contributed by atoms with Gasteiger partial charge in [-0.3, -0.25) is 4.18 Å². The van der Waals surface area contributed by atoms with E-state index in [1.54, 1.807) is 0 Å². The number of hydrogen-bond acceptors (Lipinski definition) is 19. The SMILES string of the molecule is CC(C)=C[C@H]1CO[C@]23C[C@]4(CO2)C(CCC2[C@@]5(C)CC[C@H](O[C@@H]6OC[C@H](O)[C@@H](O[C@@H]7OC(COSO)[C@@H](O)[C@@H](O)C7O)C6O[C@@H]6O[C@@H](CO)[C@@H](O)C6O)C(C)(C)C5CC[C@]24C)C3C1(C)O. The van der Waals surface area contributed by atoms with Crippen molar-refractivity contribution in [2.24, 2.45) is 51.2 Å². The maximum atomic E-state index is 12.4. The van der Waals surface area contributed by atoms with Crippen molar-refractivity contribution in [3.05, 3.63) is 11.6 Å². The first-order valence-electron chi connectivity index (χ1n) is 23.8. The molecule has 0 aromatic heterocycles. The molecule has 0 aromatic rings. The summed E-state index contributed by atoms with van der Waals surface area (Å²) in [5, 5.41) is 87.7.